The first-order valence-corrected chi connectivity index (χ1v) is 26.3. The van der Waals surface area contributed by atoms with Gasteiger partial charge in [-0.15, -0.1) is 0 Å². The Morgan fingerprint density at radius 3 is 0.509 bits per heavy atom. The van der Waals surface area contributed by atoms with E-state index in [4.69, 9.17) is 0 Å². The van der Waals surface area contributed by atoms with Crippen LogP contribution in [0.15, 0.2) is 48.5 Å². The molecule has 308 valence electrons. The normalized spacial score (nSPS) is 15.9. The van der Waals surface area contributed by atoms with Crippen molar-refractivity contribution in [1.82, 2.24) is 0 Å². The molecular formula is C56H80Ge. The Hall–Kier alpha value is -2.58. The summed E-state index contributed by atoms with van der Waals surface area (Å²) in [5.74, 6) is 0. The number of benzene rings is 4. The van der Waals surface area contributed by atoms with Gasteiger partial charge in [0.25, 0.3) is 0 Å². The first-order valence-electron chi connectivity index (χ1n) is 22.1. The molecule has 0 fully saturated rings. The second kappa shape index (κ2) is 12.7. The van der Waals surface area contributed by atoms with Crippen LogP contribution in [0.1, 0.15) is 211 Å². The van der Waals surface area contributed by atoms with Gasteiger partial charge in [-0.2, -0.15) is 0 Å². The fraction of sp³-hybridized carbons (Fsp3) is 0.571. The molecule has 0 aliphatic carbocycles. The Morgan fingerprint density at radius 1 is 0.228 bits per heavy atom. The van der Waals surface area contributed by atoms with Crippen molar-refractivity contribution in [3.63, 3.8) is 0 Å². The first-order chi connectivity index (χ1) is 25.3. The van der Waals surface area contributed by atoms with Gasteiger partial charge in [0.05, 0.1) is 0 Å². The van der Waals surface area contributed by atoms with Crippen molar-refractivity contribution in [1.29, 1.82) is 0 Å². The molecule has 2 aliphatic heterocycles. The Bertz CT molecular complexity index is 1950. The Kier molecular flexibility index (Phi) is 9.82. The Labute approximate surface area is 353 Å². The molecule has 2 aliphatic rings. The fourth-order valence-electron chi connectivity index (χ4n) is 9.88. The third kappa shape index (κ3) is 7.06. The van der Waals surface area contributed by atoms with Crippen LogP contribution in [0.25, 0.3) is 22.3 Å². The molecule has 0 radical (unpaired) electrons. The topological polar surface area (TPSA) is 0 Å². The van der Waals surface area contributed by atoms with E-state index in [9.17, 15) is 0 Å². The van der Waals surface area contributed by atoms with Gasteiger partial charge in [-0.25, -0.2) is 0 Å². The van der Waals surface area contributed by atoms with E-state index < -0.39 is 13.3 Å². The summed E-state index contributed by atoms with van der Waals surface area (Å²) in [6, 6.07) is 21.4. The van der Waals surface area contributed by atoms with Crippen LogP contribution in [0.3, 0.4) is 0 Å². The molecule has 0 unspecified atom stereocenters. The third-order valence-electron chi connectivity index (χ3n) is 13.3. The third-order valence-corrected chi connectivity index (χ3v) is 24.1. The minimum atomic E-state index is -4.00. The van der Waals surface area contributed by atoms with Gasteiger partial charge in [0, 0.05) is 0 Å². The van der Waals surface area contributed by atoms with E-state index in [0.717, 1.165) is 0 Å². The van der Waals surface area contributed by atoms with Crippen LogP contribution in [0.4, 0.5) is 0 Å². The summed E-state index contributed by atoms with van der Waals surface area (Å²) in [5, 5.41) is 0. The molecular weight excluding hydrogens is 745 g/mol. The van der Waals surface area contributed by atoms with Crippen molar-refractivity contribution in [3.05, 3.63) is 93.0 Å². The summed E-state index contributed by atoms with van der Waals surface area (Å²) in [4.78, 5) is 0. The van der Waals surface area contributed by atoms with E-state index in [2.05, 4.69) is 215 Å². The van der Waals surface area contributed by atoms with Crippen molar-refractivity contribution >= 4 is 30.8 Å². The molecule has 4 aromatic carbocycles. The van der Waals surface area contributed by atoms with Crippen molar-refractivity contribution < 1.29 is 0 Å². The maximum atomic E-state index is 2.68. The summed E-state index contributed by atoms with van der Waals surface area (Å²) < 4.78 is 6.85. The minimum absolute atomic E-state index is 0.00823. The van der Waals surface area contributed by atoms with Crippen molar-refractivity contribution in [3.8, 4) is 22.3 Å². The zero-order valence-corrected chi connectivity index (χ0v) is 43.2. The van der Waals surface area contributed by atoms with Crippen LogP contribution in [0.2, 0.25) is 0 Å². The number of rotatable bonds is 0. The van der Waals surface area contributed by atoms with E-state index in [1.54, 1.807) is 39.8 Å². The van der Waals surface area contributed by atoms with Crippen LogP contribution in [0, 0.1) is 0 Å². The SMILES string of the molecule is CC(C)(C)c1cc2[c](c(C(C)(C)C)c1)[Ge]1([c]3c-2cc(C(C)(C)C)cc3C(C)(C)C)[c]2c(cc(C(C)(C)C)cc2C(C)(C)C)-c2cc(C(C)(C)C)cc(C(C)(C)C)[c]21. The quantitative estimate of drug-likeness (QED) is 0.134. The predicted octanol–water partition coefficient (Wildman–Crippen LogP) is 13.4. The molecule has 6 rings (SSSR count). The number of fused-ring (bicyclic) bond motifs is 10. The van der Waals surface area contributed by atoms with Crippen molar-refractivity contribution in [2.24, 2.45) is 0 Å². The first kappa shape index (κ1) is 44.0. The molecule has 0 saturated carbocycles. The molecule has 0 amide bonds. The molecule has 0 aromatic heterocycles. The van der Waals surface area contributed by atoms with Crippen LogP contribution in [-0.4, -0.2) is 13.3 Å². The zero-order chi connectivity index (χ0) is 43.4. The van der Waals surface area contributed by atoms with Gasteiger partial charge in [0.2, 0.25) is 0 Å². The average Bonchev–Trinajstić information content (AvgIpc) is 3.46. The number of hydrogen-bond donors (Lipinski definition) is 0. The summed E-state index contributed by atoms with van der Waals surface area (Å²) in [7, 11) is 0. The van der Waals surface area contributed by atoms with Gasteiger partial charge < -0.3 is 0 Å². The van der Waals surface area contributed by atoms with E-state index in [-0.39, 0.29) is 43.3 Å². The van der Waals surface area contributed by atoms with E-state index in [1.165, 1.54) is 44.5 Å². The van der Waals surface area contributed by atoms with Crippen LogP contribution < -0.4 is 17.6 Å². The summed E-state index contributed by atoms with van der Waals surface area (Å²) in [5.41, 5.74) is 17.9. The number of hydrogen-bond acceptors (Lipinski definition) is 0. The second-order valence-corrected chi connectivity index (χ2v) is 33.9. The van der Waals surface area contributed by atoms with E-state index >= 15 is 0 Å². The van der Waals surface area contributed by atoms with Gasteiger partial charge in [0.1, 0.15) is 0 Å². The van der Waals surface area contributed by atoms with Gasteiger partial charge in [-0.05, 0) is 0 Å². The molecule has 4 aromatic rings. The molecule has 0 saturated heterocycles. The van der Waals surface area contributed by atoms with Crippen LogP contribution >= 0.6 is 0 Å². The van der Waals surface area contributed by atoms with Crippen LogP contribution in [-0.2, 0) is 43.3 Å². The summed E-state index contributed by atoms with van der Waals surface area (Å²) in [6.07, 6.45) is 0. The molecule has 2 heterocycles. The zero-order valence-electron chi connectivity index (χ0n) is 41.1. The summed E-state index contributed by atoms with van der Waals surface area (Å²) in [6.45, 7) is 58.9. The summed E-state index contributed by atoms with van der Waals surface area (Å²) >= 11 is -4.00. The van der Waals surface area contributed by atoms with E-state index in [1.807, 2.05) is 0 Å². The standard InChI is InChI=1S/C56H80Ge/c1-49(2,3)33-25-37-38-26-34(50(4,5)6)30-42(54(16,17)18)46(38)57(45(37)41(29-33)53(13,14)15)47-39(27-35(51(7,8)9)31-43(47)55(19,20)21)40-28-36(52(10,11)12)32-44(48(40)57)56(22,23)24/h25-32H,1-24H3. The monoisotopic (exact) mass is 827 g/mol. The Balaban J connectivity index is 2.12. The fourth-order valence-corrected chi connectivity index (χ4v) is 25.3. The van der Waals surface area contributed by atoms with E-state index in [0.29, 0.717) is 0 Å². The molecule has 1 heteroatoms. The van der Waals surface area contributed by atoms with Crippen molar-refractivity contribution in [2.45, 2.75) is 209 Å². The molecule has 0 nitrogen and oxygen atoms in total. The van der Waals surface area contributed by atoms with Crippen molar-refractivity contribution in [2.75, 3.05) is 0 Å². The Morgan fingerprint density at radius 2 is 0.386 bits per heavy atom. The maximum absolute atomic E-state index is 4.00. The van der Waals surface area contributed by atoms with Gasteiger partial charge in [0.15, 0.2) is 0 Å². The molecule has 57 heavy (non-hydrogen) atoms. The van der Waals surface area contributed by atoms with Gasteiger partial charge >= 0.3 is 356 Å². The predicted molar refractivity (Wildman–Crippen MR) is 258 cm³/mol. The molecule has 1 spiro atoms. The molecule has 0 atom stereocenters. The average molecular weight is 826 g/mol. The van der Waals surface area contributed by atoms with Crippen LogP contribution in [0.5, 0.6) is 0 Å². The molecule has 0 bridgehead atoms. The van der Waals surface area contributed by atoms with Gasteiger partial charge in [-0.1, -0.05) is 0 Å². The molecule has 0 N–H and O–H groups in total. The second-order valence-electron chi connectivity index (χ2n) is 26.5. The van der Waals surface area contributed by atoms with Gasteiger partial charge in [-0.3, -0.25) is 0 Å².